The molecule has 0 saturated heterocycles. The van der Waals surface area contributed by atoms with E-state index in [1.807, 2.05) is 0 Å². The van der Waals surface area contributed by atoms with Gasteiger partial charge in [-0.1, -0.05) is 0 Å². The van der Waals surface area contributed by atoms with Gasteiger partial charge in [0.25, 0.3) is 23.6 Å². The molecule has 3 aromatic carbocycles. The molecule has 6 rings (SSSR count). The molecule has 260 valence electrons. The van der Waals surface area contributed by atoms with E-state index in [0.29, 0.717) is 63.5 Å². The number of guanidine groups is 2. The van der Waals surface area contributed by atoms with Crippen molar-refractivity contribution in [3.8, 4) is 0 Å². The first-order valence-electron chi connectivity index (χ1n) is 15.8. The van der Waals surface area contributed by atoms with Crippen LogP contribution in [0.4, 0.5) is 11.4 Å². The van der Waals surface area contributed by atoms with Crippen molar-refractivity contribution in [1.29, 1.82) is 10.8 Å². The molecular weight excluding hydrogens is 654 g/mol. The first kappa shape index (κ1) is 33.6. The molecule has 51 heavy (non-hydrogen) atoms. The van der Waals surface area contributed by atoms with Crippen molar-refractivity contribution in [3.05, 3.63) is 95.4 Å². The fourth-order valence-corrected chi connectivity index (χ4v) is 5.40. The lowest BCUT2D eigenvalue weighted by Gasteiger charge is -2.05. The Labute approximate surface area is 289 Å². The van der Waals surface area contributed by atoms with Gasteiger partial charge in [-0.2, -0.15) is 0 Å². The number of H-pyrrole nitrogens is 3. The number of rotatable bonds is 12. The summed E-state index contributed by atoms with van der Waals surface area (Å²) in [5, 5.41) is 32.9. The third-order valence-corrected chi connectivity index (χ3v) is 7.83. The van der Waals surface area contributed by atoms with E-state index >= 15 is 0 Å². The van der Waals surface area contributed by atoms with Crippen LogP contribution in [0.15, 0.2) is 72.8 Å². The third-order valence-electron chi connectivity index (χ3n) is 7.83. The van der Waals surface area contributed by atoms with Crippen LogP contribution < -0.4 is 43.4 Å². The minimum absolute atomic E-state index is 0.174. The Balaban J connectivity index is 1.07. The van der Waals surface area contributed by atoms with Gasteiger partial charge in [0, 0.05) is 75.8 Å². The second kappa shape index (κ2) is 14.4. The first-order chi connectivity index (χ1) is 24.5. The molecule has 15 N–H and O–H groups in total. The van der Waals surface area contributed by atoms with E-state index in [2.05, 4.69) is 46.9 Å². The number of hydrogen-bond acceptors (Lipinski definition) is 6. The number of hydrogen-bond donors (Lipinski definition) is 13. The Hall–Kier alpha value is -7.30. The zero-order chi connectivity index (χ0) is 36.1. The lowest BCUT2D eigenvalue weighted by Crippen LogP contribution is -2.37. The normalized spacial score (nSPS) is 10.9. The molecule has 0 spiro atoms. The molecule has 0 fully saturated rings. The predicted octanol–water partition coefficient (Wildman–Crippen LogP) is 2.06. The molecule has 0 aliphatic heterocycles. The Morgan fingerprint density at radius 1 is 0.490 bits per heavy atom. The molecule has 6 aromatic rings. The number of anilines is 2. The van der Waals surface area contributed by atoms with Gasteiger partial charge in [0.1, 0.15) is 17.1 Å². The molecule has 17 heteroatoms. The summed E-state index contributed by atoms with van der Waals surface area (Å²) < 4.78 is 0. The van der Waals surface area contributed by atoms with Crippen molar-refractivity contribution in [2.45, 2.75) is 0 Å². The van der Waals surface area contributed by atoms with Crippen molar-refractivity contribution in [2.75, 3.05) is 36.8 Å². The highest BCUT2D eigenvalue weighted by atomic mass is 16.2. The number of carbonyl (C=O) groups excluding carboxylic acids is 4. The zero-order valence-corrected chi connectivity index (χ0v) is 27.0. The summed E-state index contributed by atoms with van der Waals surface area (Å²) in [7, 11) is 0. The smallest absolute Gasteiger partial charge is 0.272 e. The topological polar surface area (TPSA) is 288 Å². The zero-order valence-electron chi connectivity index (χ0n) is 27.0. The summed E-state index contributed by atoms with van der Waals surface area (Å²) in [6.07, 6.45) is 0. The number of nitrogens with two attached hydrogens (primary N) is 2. The molecule has 3 aromatic heterocycles. The maximum atomic E-state index is 13.2. The van der Waals surface area contributed by atoms with Gasteiger partial charge in [-0.3, -0.25) is 30.0 Å². The van der Waals surface area contributed by atoms with E-state index in [4.69, 9.17) is 22.3 Å². The van der Waals surface area contributed by atoms with Gasteiger partial charge in [0.05, 0.1) is 0 Å². The summed E-state index contributed by atoms with van der Waals surface area (Å²) in [6, 6.07) is 20.6. The molecule has 0 aliphatic rings. The maximum Gasteiger partial charge on any atom is 0.272 e. The summed E-state index contributed by atoms with van der Waals surface area (Å²) in [4.78, 5) is 60.5. The molecule has 0 saturated carbocycles. The van der Waals surface area contributed by atoms with Crippen molar-refractivity contribution in [1.82, 2.24) is 36.2 Å². The monoisotopic (exact) mass is 689 g/mol. The summed E-state index contributed by atoms with van der Waals surface area (Å²) in [5.41, 5.74) is 15.0. The van der Waals surface area contributed by atoms with Gasteiger partial charge in [-0.25, -0.2) is 0 Å². The Morgan fingerprint density at radius 3 is 1.35 bits per heavy atom. The van der Waals surface area contributed by atoms with Gasteiger partial charge in [-0.15, -0.1) is 0 Å². The average molecular weight is 690 g/mol. The Kier molecular flexibility index (Phi) is 9.51. The molecule has 17 nitrogen and oxygen atoms in total. The van der Waals surface area contributed by atoms with Crippen molar-refractivity contribution in [3.63, 3.8) is 0 Å². The fourth-order valence-electron chi connectivity index (χ4n) is 5.40. The molecule has 0 aliphatic carbocycles. The second-order valence-corrected chi connectivity index (χ2v) is 11.6. The minimum Gasteiger partial charge on any atom is -0.370 e. The number of benzene rings is 3. The van der Waals surface area contributed by atoms with E-state index < -0.39 is 0 Å². The largest absolute Gasteiger partial charge is 0.370 e. The fraction of sp³-hybridized carbons (Fsp3) is 0.118. The molecule has 0 bridgehead atoms. The minimum atomic E-state index is -0.386. The SMILES string of the molecule is N=C(N)NCCNC(=O)c1cc2cc(NC(=O)c3ccc4[nH]c(C(=O)Nc5ccc6[nH]c(C(=O)NCCNC(=N)N)cc6c5)cc4c3)ccc2[nH]1. The van der Waals surface area contributed by atoms with Crippen molar-refractivity contribution >= 4 is 79.6 Å². The van der Waals surface area contributed by atoms with E-state index in [0.717, 1.165) is 16.3 Å². The number of carbonyl (C=O) groups is 4. The Morgan fingerprint density at radius 2 is 0.882 bits per heavy atom. The number of aromatic amines is 3. The van der Waals surface area contributed by atoms with Crippen LogP contribution >= 0.6 is 0 Å². The highest BCUT2D eigenvalue weighted by Crippen LogP contribution is 2.24. The predicted molar refractivity (Wildman–Crippen MR) is 195 cm³/mol. The summed E-state index contributed by atoms with van der Waals surface area (Å²) in [6.45, 7) is 1.21. The highest BCUT2D eigenvalue weighted by molar-refractivity contribution is 6.10. The van der Waals surface area contributed by atoms with Gasteiger partial charge >= 0.3 is 0 Å². The standard InChI is InChI=1S/C34H35N13O4/c35-33(36)41-9-7-39-30(49)26-15-19-12-21(2-5-24(19)45-26)43-29(48)17-1-4-23-18(11-17)14-28(47-23)32(51)44-22-3-6-25-20(13-22)16-27(46-25)31(50)40-8-10-42-34(37)38/h1-6,11-16,45-47H,7-10H2,(H,39,49)(H,40,50)(H,43,48)(H,44,51)(H4,35,36,41)(H4,37,38,42). The number of amides is 4. The number of nitrogens with one attached hydrogen (secondary N) is 11. The lowest BCUT2D eigenvalue weighted by molar-refractivity contribution is 0.0942. The van der Waals surface area contributed by atoms with Crippen LogP contribution in [0, 0.1) is 10.8 Å². The first-order valence-corrected chi connectivity index (χ1v) is 15.8. The summed E-state index contributed by atoms with van der Waals surface area (Å²) in [5.74, 6) is -1.72. The number of aromatic nitrogens is 3. The highest BCUT2D eigenvalue weighted by Gasteiger charge is 2.15. The van der Waals surface area contributed by atoms with E-state index in [1.165, 1.54) is 0 Å². The van der Waals surface area contributed by atoms with Crippen LogP contribution in [0.1, 0.15) is 41.8 Å². The van der Waals surface area contributed by atoms with Crippen LogP contribution in [0.5, 0.6) is 0 Å². The van der Waals surface area contributed by atoms with Crippen LogP contribution in [-0.2, 0) is 0 Å². The van der Waals surface area contributed by atoms with Crippen LogP contribution in [0.25, 0.3) is 32.7 Å². The molecule has 0 unspecified atom stereocenters. The summed E-state index contributed by atoms with van der Waals surface area (Å²) >= 11 is 0. The van der Waals surface area contributed by atoms with Crippen molar-refractivity contribution in [2.24, 2.45) is 11.5 Å². The maximum absolute atomic E-state index is 13.2. The molecule has 3 heterocycles. The average Bonchev–Trinajstić information content (AvgIpc) is 3.84. The van der Waals surface area contributed by atoms with Crippen LogP contribution in [-0.4, -0.2) is 76.7 Å². The Bertz CT molecular complexity index is 2210. The molecule has 0 atom stereocenters. The van der Waals surface area contributed by atoms with Gasteiger partial charge in [-0.05, 0) is 72.8 Å². The van der Waals surface area contributed by atoms with E-state index in [1.54, 1.807) is 72.8 Å². The number of fused-ring (bicyclic) bond motifs is 3. The van der Waals surface area contributed by atoms with Crippen LogP contribution in [0.2, 0.25) is 0 Å². The van der Waals surface area contributed by atoms with Crippen molar-refractivity contribution < 1.29 is 19.2 Å². The molecule has 4 amide bonds. The quantitative estimate of drug-likeness (QED) is 0.0511. The van der Waals surface area contributed by atoms with E-state index in [9.17, 15) is 19.2 Å². The molecular formula is C34H35N13O4. The van der Waals surface area contributed by atoms with Gasteiger partial charge < -0.3 is 58.3 Å². The molecule has 0 radical (unpaired) electrons. The van der Waals surface area contributed by atoms with E-state index in [-0.39, 0.29) is 48.6 Å². The van der Waals surface area contributed by atoms with Gasteiger partial charge in [0.2, 0.25) is 0 Å². The third kappa shape index (κ3) is 8.06. The second-order valence-electron chi connectivity index (χ2n) is 11.6. The van der Waals surface area contributed by atoms with Gasteiger partial charge in [0.15, 0.2) is 11.9 Å². The van der Waals surface area contributed by atoms with Crippen LogP contribution in [0.3, 0.4) is 0 Å². The lowest BCUT2D eigenvalue weighted by atomic mass is 10.1.